The SMILES string of the molecule is COC(=O)C(Cl)(Cl)CCCCCC(O)CCCCc1ccc(Cl)cc1. The predicted octanol–water partition coefficient (Wildman–Crippen LogP) is 5.71. The van der Waals surface area contributed by atoms with Crippen molar-refractivity contribution >= 4 is 40.8 Å². The van der Waals surface area contributed by atoms with E-state index >= 15 is 0 Å². The largest absolute Gasteiger partial charge is 0.467 e. The molecule has 6 heteroatoms. The van der Waals surface area contributed by atoms with Crippen LogP contribution >= 0.6 is 34.8 Å². The third-order valence-corrected chi connectivity index (χ3v) is 5.12. The van der Waals surface area contributed by atoms with E-state index in [1.165, 1.54) is 12.7 Å². The van der Waals surface area contributed by atoms with Gasteiger partial charge in [0, 0.05) is 5.02 Å². The van der Waals surface area contributed by atoms with Gasteiger partial charge in [0.25, 0.3) is 0 Å². The quantitative estimate of drug-likeness (QED) is 0.273. The lowest BCUT2D eigenvalue weighted by atomic mass is 10.0. The maximum atomic E-state index is 11.3. The summed E-state index contributed by atoms with van der Waals surface area (Å²) < 4.78 is 3.09. The minimum atomic E-state index is -1.46. The normalized spacial score (nSPS) is 12.8. The highest BCUT2D eigenvalue weighted by Gasteiger charge is 2.33. The summed E-state index contributed by atoms with van der Waals surface area (Å²) in [5.41, 5.74) is 1.27. The number of carbonyl (C=O) groups is 1. The topological polar surface area (TPSA) is 46.5 Å². The van der Waals surface area contributed by atoms with Crippen molar-refractivity contribution < 1.29 is 14.6 Å². The van der Waals surface area contributed by atoms with E-state index in [0.29, 0.717) is 6.42 Å². The molecule has 0 amide bonds. The first-order valence-electron chi connectivity index (χ1n) is 8.74. The highest BCUT2D eigenvalue weighted by atomic mass is 35.5. The zero-order chi connectivity index (χ0) is 18.7. The fraction of sp³-hybridized carbons (Fsp3) is 0.632. The first kappa shape index (κ1) is 22.6. The summed E-state index contributed by atoms with van der Waals surface area (Å²) in [4.78, 5) is 11.3. The van der Waals surface area contributed by atoms with Crippen molar-refractivity contribution in [1.29, 1.82) is 0 Å². The Balaban J connectivity index is 2.04. The minimum absolute atomic E-state index is 0.275. The molecule has 1 rings (SSSR count). The molecule has 25 heavy (non-hydrogen) atoms. The molecule has 1 aromatic rings. The van der Waals surface area contributed by atoms with Crippen LogP contribution in [0, 0.1) is 0 Å². The average Bonchev–Trinajstić information content (AvgIpc) is 2.59. The molecule has 0 aromatic heterocycles. The lowest BCUT2D eigenvalue weighted by Gasteiger charge is -2.16. The van der Waals surface area contributed by atoms with Crippen molar-refractivity contribution in [2.45, 2.75) is 68.2 Å². The van der Waals surface area contributed by atoms with E-state index in [1.807, 2.05) is 24.3 Å². The number of ether oxygens (including phenoxy) is 1. The van der Waals surface area contributed by atoms with Gasteiger partial charge in [0.05, 0.1) is 13.2 Å². The molecule has 1 atom stereocenters. The molecule has 0 radical (unpaired) electrons. The smallest absolute Gasteiger partial charge is 0.342 e. The van der Waals surface area contributed by atoms with Crippen molar-refractivity contribution in [3.63, 3.8) is 0 Å². The Bertz CT molecular complexity index is 503. The maximum Gasteiger partial charge on any atom is 0.342 e. The number of hydrogen-bond acceptors (Lipinski definition) is 3. The monoisotopic (exact) mass is 408 g/mol. The van der Waals surface area contributed by atoms with Crippen molar-refractivity contribution in [1.82, 2.24) is 0 Å². The molecule has 0 aliphatic carbocycles. The van der Waals surface area contributed by atoms with E-state index < -0.39 is 10.3 Å². The Morgan fingerprint density at radius 3 is 2.28 bits per heavy atom. The second-order valence-corrected chi connectivity index (χ2v) is 8.24. The number of hydrogen-bond donors (Lipinski definition) is 1. The van der Waals surface area contributed by atoms with Crippen LogP contribution in [0.3, 0.4) is 0 Å². The molecule has 0 saturated heterocycles. The molecule has 1 aromatic carbocycles. The number of aliphatic hydroxyl groups excluding tert-OH is 1. The average molecular weight is 410 g/mol. The third-order valence-electron chi connectivity index (χ3n) is 4.18. The van der Waals surface area contributed by atoms with Crippen LogP contribution < -0.4 is 0 Å². The Morgan fingerprint density at radius 1 is 1.08 bits per heavy atom. The van der Waals surface area contributed by atoms with Crippen LogP contribution in [0.2, 0.25) is 5.02 Å². The van der Waals surface area contributed by atoms with Gasteiger partial charge in [-0.15, -0.1) is 0 Å². The molecule has 0 heterocycles. The van der Waals surface area contributed by atoms with Crippen LogP contribution in [0.5, 0.6) is 0 Å². The standard InChI is InChI=1S/C19H27Cl3O3/c1-25-18(24)19(21,22)14-6-2-3-8-17(23)9-5-4-7-15-10-12-16(20)13-11-15/h10-13,17,23H,2-9,14H2,1H3. The van der Waals surface area contributed by atoms with Crippen LogP contribution in [-0.4, -0.2) is 28.6 Å². The van der Waals surface area contributed by atoms with Gasteiger partial charge in [-0.1, -0.05) is 66.2 Å². The second kappa shape index (κ2) is 12.0. The number of methoxy groups -OCH3 is 1. The number of aliphatic hydroxyl groups is 1. The lowest BCUT2D eigenvalue weighted by Crippen LogP contribution is -2.27. The summed E-state index contributed by atoms with van der Waals surface area (Å²) in [6.07, 6.45) is 7.21. The number of carbonyl (C=O) groups excluding carboxylic acids is 1. The first-order valence-corrected chi connectivity index (χ1v) is 9.87. The van der Waals surface area contributed by atoms with Gasteiger partial charge in [0.1, 0.15) is 0 Å². The number of aryl methyl sites for hydroxylation is 1. The van der Waals surface area contributed by atoms with Crippen LogP contribution in [0.1, 0.15) is 56.9 Å². The minimum Gasteiger partial charge on any atom is -0.467 e. The Kier molecular flexibility index (Phi) is 10.8. The van der Waals surface area contributed by atoms with E-state index in [2.05, 4.69) is 4.74 Å². The third kappa shape index (κ3) is 9.69. The molecular weight excluding hydrogens is 383 g/mol. The van der Waals surface area contributed by atoms with Gasteiger partial charge < -0.3 is 9.84 Å². The number of benzene rings is 1. The molecule has 3 nitrogen and oxygen atoms in total. The molecule has 0 spiro atoms. The van der Waals surface area contributed by atoms with E-state index in [-0.39, 0.29) is 6.10 Å². The fourth-order valence-electron chi connectivity index (χ4n) is 2.66. The predicted molar refractivity (Wildman–Crippen MR) is 105 cm³/mol. The van der Waals surface area contributed by atoms with E-state index in [4.69, 9.17) is 34.8 Å². The highest BCUT2D eigenvalue weighted by molar-refractivity contribution is 6.57. The van der Waals surface area contributed by atoms with Crippen LogP contribution in [-0.2, 0) is 16.0 Å². The number of alkyl halides is 2. The van der Waals surface area contributed by atoms with E-state index in [0.717, 1.165) is 56.4 Å². The van der Waals surface area contributed by atoms with Gasteiger partial charge in [-0.25, -0.2) is 4.79 Å². The van der Waals surface area contributed by atoms with Gasteiger partial charge in [0.15, 0.2) is 0 Å². The van der Waals surface area contributed by atoms with Crippen molar-refractivity contribution in [2.75, 3.05) is 7.11 Å². The van der Waals surface area contributed by atoms with Gasteiger partial charge in [-0.3, -0.25) is 0 Å². The second-order valence-electron chi connectivity index (χ2n) is 6.32. The zero-order valence-corrected chi connectivity index (χ0v) is 16.9. The summed E-state index contributed by atoms with van der Waals surface area (Å²) in [5, 5.41) is 10.8. The molecule has 1 N–H and O–H groups in total. The molecule has 1 unspecified atom stereocenters. The first-order chi connectivity index (χ1) is 11.8. The van der Waals surface area contributed by atoms with E-state index in [1.54, 1.807) is 0 Å². The molecule has 0 fully saturated rings. The number of rotatable bonds is 12. The lowest BCUT2D eigenvalue weighted by molar-refractivity contribution is -0.141. The van der Waals surface area contributed by atoms with Crippen LogP contribution in [0.4, 0.5) is 0 Å². The van der Waals surface area contributed by atoms with Gasteiger partial charge in [0.2, 0.25) is 4.33 Å². The molecule has 0 bridgehead atoms. The Morgan fingerprint density at radius 2 is 1.68 bits per heavy atom. The summed E-state index contributed by atoms with van der Waals surface area (Å²) in [5.74, 6) is -0.614. The molecule has 0 aliphatic heterocycles. The summed E-state index contributed by atoms with van der Waals surface area (Å²) in [6, 6.07) is 7.90. The Hall–Kier alpha value is -0.480. The van der Waals surface area contributed by atoms with Crippen LogP contribution in [0.25, 0.3) is 0 Å². The van der Waals surface area contributed by atoms with Gasteiger partial charge in [-0.2, -0.15) is 0 Å². The van der Waals surface area contributed by atoms with Crippen molar-refractivity contribution in [3.8, 4) is 0 Å². The Labute approximate surface area is 165 Å². The molecule has 0 aliphatic rings. The van der Waals surface area contributed by atoms with Crippen LogP contribution in [0.15, 0.2) is 24.3 Å². The summed E-state index contributed by atoms with van der Waals surface area (Å²) >= 11 is 17.7. The van der Waals surface area contributed by atoms with Crippen molar-refractivity contribution in [2.24, 2.45) is 0 Å². The number of unbranched alkanes of at least 4 members (excludes halogenated alkanes) is 3. The number of halogens is 3. The highest BCUT2D eigenvalue weighted by Crippen LogP contribution is 2.29. The molecular formula is C19H27Cl3O3. The van der Waals surface area contributed by atoms with Gasteiger partial charge >= 0.3 is 5.97 Å². The van der Waals surface area contributed by atoms with Gasteiger partial charge in [-0.05, 0) is 56.2 Å². The molecule has 142 valence electrons. The molecule has 0 saturated carbocycles. The maximum absolute atomic E-state index is 11.3. The fourth-order valence-corrected chi connectivity index (χ4v) is 3.21. The zero-order valence-electron chi connectivity index (χ0n) is 14.6. The summed E-state index contributed by atoms with van der Waals surface area (Å²) in [7, 11) is 1.27. The van der Waals surface area contributed by atoms with Crippen molar-refractivity contribution in [3.05, 3.63) is 34.9 Å². The van der Waals surface area contributed by atoms with E-state index in [9.17, 15) is 9.90 Å². The number of esters is 1. The summed E-state index contributed by atoms with van der Waals surface area (Å²) in [6.45, 7) is 0.